The van der Waals surface area contributed by atoms with Crippen LogP contribution in [0, 0.1) is 0 Å². The van der Waals surface area contributed by atoms with Gasteiger partial charge in [0.25, 0.3) is 0 Å². The minimum Gasteiger partial charge on any atom is -0.488 e. The number of H-pyrrole nitrogens is 1. The van der Waals surface area contributed by atoms with Gasteiger partial charge in [-0.25, -0.2) is 23.9 Å². The van der Waals surface area contributed by atoms with Crippen LogP contribution in [-0.4, -0.2) is 37.3 Å². The second-order valence-electron chi connectivity index (χ2n) is 6.10. The number of rotatable bonds is 6. The van der Waals surface area contributed by atoms with Crippen molar-refractivity contribution in [1.82, 2.24) is 24.7 Å². The molecule has 26 heavy (non-hydrogen) atoms. The summed E-state index contributed by atoms with van der Waals surface area (Å²) in [6, 6.07) is 5.49. The van der Waals surface area contributed by atoms with Crippen LogP contribution in [0.5, 0.6) is 5.75 Å². The number of ether oxygens (including phenoxy) is 1. The van der Waals surface area contributed by atoms with Gasteiger partial charge in [0.2, 0.25) is 0 Å². The monoisotopic (exact) mass is 372 g/mol. The van der Waals surface area contributed by atoms with Crippen molar-refractivity contribution in [2.24, 2.45) is 0 Å². The van der Waals surface area contributed by atoms with E-state index in [0.717, 1.165) is 18.6 Å². The molecule has 1 aromatic carbocycles. The maximum Gasteiger partial charge on any atom is 0.182 e. The molecule has 0 bridgehead atoms. The van der Waals surface area contributed by atoms with Crippen molar-refractivity contribution in [3.63, 3.8) is 0 Å². The van der Waals surface area contributed by atoms with Gasteiger partial charge in [-0.15, -0.1) is 0 Å². The Balaban J connectivity index is 1.70. The van der Waals surface area contributed by atoms with Crippen molar-refractivity contribution < 1.29 is 8.95 Å². The zero-order valence-electron chi connectivity index (χ0n) is 14.4. The Morgan fingerprint density at radius 1 is 1.23 bits per heavy atom. The molecule has 4 rings (SSSR count). The first kappa shape index (κ1) is 16.9. The van der Waals surface area contributed by atoms with Crippen LogP contribution in [0.2, 0.25) is 0 Å². The predicted molar refractivity (Wildman–Crippen MR) is 99.8 cm³/mol. The molecule has 9 heteroatoms. The Hall–Kier alpha value is -2.52. The summed E-state index contributed by atoms with van der Waals surface area (Å²) in [6.45, 7) is 0. The summed E-state index contributed by atoms with van der Waals surface area (Å²) >= 11 is 0. The van der Waals surface area contributed by atoms with Crippen molar-refractivity contribution >= 4 is 33.7 Å². The fourth-order valence-corrected chi connectivity index (χ4v) is 3.77. The van der Waals surface area contributed by atoms with E-state index in [4.69, 9.17) is 4.74 Å². The first-order valence-corrected chi connectivity index (χ1v) is 9.70. The zero-order chi connectivity index (χ0) is 17.9. The molecule has 1 aliphatic rings. The number of anilines is 2. The van der Waals surface area contributed by atoms with Crippen LogP contribution >= 0.6 is 0 Å². The first-order chi connectivity index (χ1) is 12.7. The van der Waals surface area contributed by atoms with Crippen LogP contribution in [0.15, 0.2) is 35.7 Å². The van der Waals surface area contributed by atoms with E-state index in [2.05, 4.69) is 30.0 Å². The zero-order valence-corrected chi connectivity index (χ0v) is 15.2. The lowest BCUT2D eigenvalue weighted by Crippen LogP contribution is -2.14. The lowest BCUT2D eigenvalue weighted by atomic mass is 10.2. The van der Waals surface area contributed by atoms with Gasteiger partial charge in [-0.05, 0) is 50.9 Å². The highest BCUT2D eigenvalue weighted by Gasteiger charge is 2.19. The third-order valence-electron chi connectivity index (χ3n) is 4.42. The number of nitrogens with zero attached hydrogens (tertiary/aromatic N) is 3. The van der Waals surface area contributed by atoms with Crippen molar-refractivity contribution in [2.75, 3.05) is 12.4 Å². The SMILES string of the molecule is CNS(=O)c1ccc(OC2CCCC2)c(Nc2ncnc3nc[nH]c23)c1. The molecule has 2 heterocycles. The average Bonchev–Trinajstić information content (AvgIpc) is 3.34. The molecule has 1 aliphatic carbocycles. The summed E-state index contributed by atoms with van der Waals surface area (Å²) in [5.41, 5.74) is 2.00. The minimum absolute atomic E-state index is 0.216. The van der Waals surface area contributed by atoms with Crippen molar-refractivity contribution in [3.8, 4) is 5.75 Å². The Bertz CT molecular complexity index is 938. The van der Waals surface area contributed by atoms with Crippen molar-refractivity contribution in [3.05, 3.63) is 30.9 Å². The molecule has 8 nitrogen and oxygen atoms in total. The van der Waals surface area contributed by atoms with E-state index >= 15 is 0 Å². The minimum atomic E-state index is -1.29. The molecule has 0 radical (unpaired) electrons. The molecule has 0 aliphatic heterocycles. The number of nitrogens with one attached hydrogen (secondary N) is 3. The average molecular weight is 372 g/mol. The van der Waals surface area contributed by atoms with E-state index in [1.165, 1.54) is 19.2 Å². The van der Waals surface area contributed by atoms with Crippen LogP contribution < -0.4 is 14.8 Å². The van der Waals surface area contributed by atoms with E-state index in [1.807, 2.05) is 18.2 Å². The summed E-state index contributed by atoms with van der Waals surface area (Å²) in [7, 11) is 0.369. The molecule has 136 valence electrons. The molecule has 1 saturated carbocycles. The van der Waals surface area contributed by atoms with E-state index in [1.54, 1.807) is 13.4 Å². The van der Waals surface area contributed by atoms with E-state index in [-0.39, 0.29) is 6.10 Å². The van der Waals surface area contributed by atoms with Gasteiger partial charge in [0.15, 0.2) is 11.5 Å². The molecular formula is C17H20N6O2S. The molecule has 1 unspecified atom stereocenters. The normalized spacial score (nSPS) is 16.0. The van der Waals surface area contributed by atoms with Gasteiger partial charge in [-0.3, -0.25) is 0 Å². The lowest BCUT2D eigenvalue weighted by Gasteiger charge is -2.18. The fraction of sp³-hybridized carbons (Fsp3) is 0.353. The molecule has 1 atom stereocenters. The highest BCUT2D eigenvalue weighted by Crippen LogP contribution is 2.34. The second kappa shape index (κ2) is 7.38. The molecule has 1 fully saturated rings. The highest BCUT2D eigenvalue weighted by molar-refractivity contribution is 7.83. The number of hydrogen-bond acceptors (Lipinski definition) is 6. The molecular weight excluding hydrogens is 352 g/mol. The molecule has 0 spiro atoms. The summed E-state index contributed by atoms with van der Waals surface area (Å²) in [4.78, 5) is 16.3. The third-order valence-corrected chi connectivity index (χ3v) is 5.48. The van der Waals surface area contributed by atoms with Crippen LogP contribution in [0.3, 0.4) is 0 Å². The van der Waals surface area contributed by atoms with Gasteiger partial charge < -0.3 is 15.0 Å². The second-order valence-corrected chi connectivity index (χ2v) is 7.52. The number of fused-ring (bicyclic) bond motifs is 1. The summed E-state index contributed by atoms with van der Waals surface area (Å²) in [5, 5.41) is 3.29. The molecule has 3 aromatic rings. The van der Waals surface area contributed by atoms with Gasteiger partial charge in [0.1, 0.15) is 28.6 Å². The third kappa shape index (κ3) is 3.40. The fourth-order valence-electron chi connectivity index (χ4n) is 3.12. The van der Waals surface area contributed by atoms with Gasteiger partial charge in [-0.1, -0.05) is 0 Å². The van der Waals surface area contributed by atoms with Crippen LogP contribution in [0.1, 0.15) is 25.7 Å². The quantitative estimate of drug-likeness (QED) is 0.614. The standard InChI is InChI=1S/C17H20N6O2S/c1-18-26(24)12-6-7-14(25-11-4-2-3-5-11)13(8-12)23-17-15-16(20-9-19-15)21-10-22-17/h6-11,18H,2-5H2,1H3,(H2,19,20,21,22,23). The van der Waals surface area contributed by atoms with Crippen molar-refractivity contribution in [2.45, 2.75) is 36.7 Å². The summed E-state index contributed by atoms with van der Waals surface area (Å²) in [5.74, 6) is 1.32. The van der Waals surface area contributed by atoms with Crippen LogP contribution in [0.4, 0.5) is 11.5 Å². The topological polar surface area (TPSA) is 105 Å². The summed E-state index contributed by atoms with van der Waals surface area (Å²) in [6.07, 6.45) is 7.75. The Kier molecular flexibility index (Phi) is 4.81. The first-order valence-electron chi connectivity index (χ1n) is 8.55. The maximum absolute atomic E-state index is 12.1. The number of imidazole rings is 1. The lowest BCUT2D eigenvalue weighted by molar-refractivity contribution is 0.211. The predicted octanol–water partition coefficient (Wildman–Crippen LogP) is 2.66. The highest BCUT2D eigenvalue weighted by atomic mass is 32.2. The van der Waals surface area contributed by atoms with Gasteiger partial charge in [0, 0.05) is 0 Å². The molecule has 0 amide bonds. The van der Waals surface area contributed by atoms with Crippen LogP contribution in [-0.2, 0) is 11.0 Å². The molecule has 0 saturated heterocycles. The van der Waals surface area contributed by atoms with Gasteiger partial charge in [-0.2, -0.15) is 0 Å². The smallest absolute Gasteiger partial charge is 0.182 e. The largest absolute Gasteiger partial charge is 0.488 e. The van der Waals surface area contributed by atoms with Crippen LogP contribution in [0.25, 0.3) is 11.2 Å². The van der Waals surface area contributed by atoms with Gasteiger partial charge >= 0.3 is 0 Å². The van der Waals surface area contributed by atoms with E-state index < -0.39 is 11.0 Å². The Morgan fingerprint density at radius 3 is 2.88 bits per heavy atom. The Morgan fingerprint density at radius 2 is 2.08 bits per heavy atom. The number of benzene rings is 1. The maximum atomic E-state index is 12.1. The number of hydrogen-bond donors (Lipinski definition) is 3. The molecule has 3 N–H and O–H groups in total. The van der Waals surface area contributed by atoms with E-state index in [0.29, 0.717) is 27.6 Å². The van der Waals surface area contributed by atoms with Crippen molar-refractivity contribution in [1.29, 1.82) is 0 Å². The Labute approximate surface area is 153 Å². The van der Waals surface area contributed by atoms with Gasteiger partial charge in [0.05, 0.1) is 23.0 Å². The van der Waals surface area contributed by atoms with E-state index in [9.17, 15) is 4.21 Å². The summed E-state index contributed by atoms with van der Waals surface area (Å²) < 4.78 is 21.1. The number of aromatic nitrogens is 4. The number of aromatic amines is 1. The molecule has 2 aromatic heterocycles.